The van der Waals surface area contributed by atoms with Crippen LogP contribution in [0.4, 0.5) is 5.69 Å². The first-order valence-electron chi connectivity index (χ1n) is 11.4. The molecule has 166 valence electrons. The number of carbonyl (C=O) groups excluding carboxylic acids is 1. The molecule has 1 atom stereocenters. The van der Waals surface area contributed by atoms with E-state index in [2.05, 4.69) is 52.0 Å². The number of anilines is 1. The first-order chi connectivity index (χ1) is 16.2. The molecule has 1 unspecified atom stereocenters. The molecule has 5 nitrogen and oxygen atoms in total. The van der Waals surface area contributed by atoms with E-state index in [9.17, 15) is 4.79 Å². The number of benzene rings is 1. The summed E-state index contributed by atoms with van der Waals surface area (Å²) in [6.45, 7) is 0. The van der Waals surface area contributed by atoms with E-state index in [0.717, 1.165) is 54.3 Å². The molecule has 2 aliphatic carbocycles. The molecule has 1 saturated carbocycles. The first kappa shape index (κ1) is 20.6. The molecule has 1 fully saturated rings. The number of nitrogens with zero attached hydrogens (tertiary/aromatic N) is 2. The summed E-state index contributed by atoms with van der Waals surface area (Å²) in [5, 5.41) is 7.86. The van der Waals surface area contributed by atoms with E-state index in [0.29, 0.717) is 0 Å². The number of aliphatic imine (C=N–C) groups is 1. The number of nitrogens with one attached hydrogen (secondary N) is 2. The van der Waals surface area contributed by atoms with Crippen LogP contribution >= 0.6 is 22.7 Å². The summed E-state index contributed by atoms with van der Waals surface area (Å²) in [5.74, 6) is 1.36. The molecule has 3 aliphatic rings. The number of fused-ring (bicyclic) bond motifs is 2. The molecule has 2 N–H and O–H groups in total. The van der Waals surface area contributed by atoms with E-state index in [-0.39, 0.29) is 17.9 Å². The number of rotatable bonds is 5. The van der Waals surface area contributed by atoms with Gasteiger partial charge in [-0.25, -0.2) is 9.98 Å². The fourth-order valence-electron chi connectivity index (χ4n) is 4.28. The summed E-state index contributed by atoms with van der Waals surface area (Å²) in [7, 11) is 0. The maximum absolute atomic E-state index is 12.1. The van der Waals surface area contributed by atoms with Crippen molar-refractivity contribution in [2.45, 2.75) is 38.1 Å². The third kappa shape index (κ3) is 4.43. The summed E-state index contributed by atoms with van der Waals surface area (Å²) in [4.78, 5) is 22.5. The van der Waals surface area contributed by atoms with Gasteiger partial charge in [0.25, 0.3) is 0 Å². The molecule has 1 aliphatic heterocycles. The zero-order chi connectivity index (χ0) is 22.2. The quantitative estimate of drug-likeness (QED) is 0.578. The molecule has 7 heteroatoms. The van der Waals surface area contributed by atoms with Crippen molar-refractivity contribution in [3.05, 3.63) is 62.6 Å². The normalized spacial score (nSPS) is 24.5. The fraction of sp³-hybridized carbons (Fsp3) is 0.269. The average molecular weight is 473 g/mol. The second-order valence-corrected chi connectivity index (χ2v) is 10.7. The maximum atomic E-state index is 12.1. The van der Waals surface area contributed by atoms with Crippen LogP contribution < -0.4 is 20.4 Å². The SMILES string of the molecule is O=C(NC1CC=C(c2cc3/c(s2)=C/C=C/C=N\C=3Nc2ccc3scnc3c2)CC1)C1CC1. The molecular formula is C26H24N4OS2. The number of hydrogen-bond donors (Lipinski definition) is 2. The van der Waals surface area contributed by atoms with Gasteiger partial charge in [0.1, 0.15) is 5.82 Å². The van der Waals surface area contributed by atoms with Gasteiger partial charge in [-0.15, -0.1) is 22.7 Å². The van der Waals surface area contributed by atoms with E-state index in [1.165, 1.54) is 19.7 Å². The van der Waals surface area contributed by atoms with E-state index in [4.69, 9.17) is 4.99 Å². The Morgan fingerprint density at radius 3 is 2.91 bits per heavy atom. The molecule has 1 amide bonds. The summed E-state index contributed by atoms with van der Waals surface area (Å²) in [6, 6.07) is 8.77. The van der Waals surface area contributed by atoms with Crippen molar-refractivity contribution in [1.82, 2.24) is 10.3 Å². The van der Waals surface area contributed by atoms with Crippen LogP contribution in [0.15, 0.2) is 53.0 Å². The van der Waals surface area contributed by atoms with Crippen molar-refractivity contribution in [2.24, 2.45) is 10.9 Å². The van der Waals surface area contributed by atoms with E-state index >= 15 is 0 Å². The lowest BCUT2D eigenvalue weighted by atomic mass is 9.94. The van der Waals surface area contributed by atoms with Crippen LogP contribution in [0.3, 0.4) is 0 Å². The predicted octanol–water partition coefficient (Wildman–Crippen LogP) is 4.42. The minimum atomic E-state index is 0.247. The highest BCUT2D eigenvalue weighted by Crippen LogP contribution is 2.31. The standard InChI is InChI=1S/C26H24N4OS2/c31-26(17-4-5-17)30-18-8-6-16(7-9-18)24-14-20-22(33-24)3-1-2-12-27-25(20)29-19-10-11-23-21(13-19)28-15-32-23/h1-3,6,10-15,17-18H,4-5,7-9H2,(H,27,29)(H,30,31). The maximum Gasteiger partial charge on any atom is 0.223 e. The second-order valence-electron chi connectivity index (χ2n) is 8.71. The van der Waals surface area contributed by atoms with Crippen molar-refractivity contribution < 1.29 is 4.79 Å². The summed E-state index contributed by atoms with van der Waals surface area (Å²) in [5.41, 5.74) is 5.22. The van der Waals surface area contributed by atoms with Gasteiger partial charge in [0, 0.05) is 38.5 Å². The van der Waals surface area contributed by atoms with Gasteiger partial charge in [-0.3, -0.25) is 4.79 Å². The average Bonchev–Trinajstić information content (AvgIpc) is 3.44. The number of carbonyl (C=O) groups is 1. The molecule has 0 radical (unpaired) electrons. The van der Waals surface area contributed by atoms with Crippen LogP contribution in [0.25, 0.3) is 27.7 Å². The third-order valence-electron chi connectivity index (χ3n) is 6.28. The Balaban J connectivity index is 1.30. The summed E-state index contributed by atoms with van der Waals surface area (Å²) in [6.07, 6.45) is 15.3. The number of allylic oxidation sites excluding steroid dienone is 3. The van der Waals surface area contributed by atoms with Gasteiger partial charge >= 0.3 is 0 Å². The monoisotopic (exact) mass is 472 g/mol. The smallest absolute Gasteiger partial charge is 0.223 e. The Labute approximate surface area is 200 Å². The van der Waals surface area contributed by atoms with Crippen molar-refractivity contribution in [3.63, 3.8) is 0 Å². The van der Waals surface area contributed by atoms with Crippen molar-refractivity contribution >= 4 is 68.2 Å². The predicted molar refractivity (Wildman–Crippen MR) is 139 cm³/mol. The zero-order valence-electron chi connectivity index (χ0n) is 18.1. The van der Waals surface area contributed by atoms with Crippen LogP contribution in [-0.4, -0.2) is 23.1 Å². The molecule has 0 bridgehead atoms. The molecule has 33 heavy (non-hydrogen) atoms. The largest absolute Gasteiger partial charge is 0.353 e. The lowest BCUT2D eigenvalue weighted by Gasteiger charge is -2.22. The van der Waals surface area contributed by atoms with Gasteiger partial charge in [-0.05, 0) is 74.1 Å². The lowest BCUT2D eigenvalue weighted by Crippen LogP contribution is -2.36. The van der Waals surface area contributed by atoms with Crippen LogP contribution in [-0.2, 0) is 4.79 Å². The van der Waals surface area contributed by atoms with Crippen LogP contribution in [0.5, 0.6) is 0 Å². The Bertz CT molecular complexity index is 1440. The fourth-order valence-corrected chi connectivity index (χ4v) is 6.08. The summed E-state index contributed by atoms with van der Waals surface area (Å²) >= 11 is 3.45. The number of thiophene rings is 1. The van der Waals surface area contributed by atoms with E-state index in [1.807, 2.05) is 23.9 Å². The van der Waals surface area contributed by atoms with Crippen molar-refractivity contribution in [1.29, 1.82) is 0 Å². The molecule has 3 aromatic rings. The van der Waals surface area contributed by atoms with Gasteiger partial charge < -0.3 is 10.6 Å². The van der Waals surface area contributed by atoms with Crippen LogP contribution in [0.2, 0.25) is 0 Å². The Morgan fingerprint density at radius 2 is 2.06 bits per heavy atom. The molecular weight excluding hydrogens is 448 g/mol. The topological polar surface area (TPSA) is 66.4 Å². The highest BCUT2D eigenvalue weighted by atomic mass is 32.1. The van der Waals surface area contributed by atoms with Gasteiger partial charge in [-0.1, -0.05) is 12.2 Å². The minimum Gasteiger partial charge on any atom is -0.353 e. The first-order valence-corrected chi connectivity index (χ1v) is 13.1. The third-order valence-corrected chi connectivity index (χ3v) is 8.27. The zero-order valence-corrected chi connectivity index (χ0v) is 19.7. The molecule has 3 heterocycles. The Hall–Kier alpha value is -3.03. The van der Waals surface area contributed by atoms with Gasteiger partial charge in [0.05, 0.1) is 15.7 Å². The molecule has 1 aromatic carbocycles. The van der Waals surface area contributed by atoms with Crippen molar-refractivity contribution in [2.75, 3.05) is 5.32 Å². The Morgan fingerprint density at radius 1 is 1.12 bits per heavy atom. The van der Waals surface area contributed by atoms with Crippen molar-refractivity contribution in [3.8, 4) is 0 Å². The molecule has 0 spiro atoms. The van der Waals surface area contributed by atoms with Gasteiger partial charge in [0.15, 0.2) is 0 Å². The van der Waals surface area contributed by atoms with Crippen LogP contribution in [0.1, 0.15) is 37.0 Å². The Kier molecular flexibility index (Phi) is 5.44. The number of amides is 1. The van der Waals surface area contributed by atoms with E-state index in [1.54, 1.807) is 22.7 Å². The van der Waals surface area contributed by atoms with Crippen LogP contribution in [0, 0.1) is 5.92 Å². The second kappa shape index (κ2) is 8.72. The highest BCUT2D eigenvalue weighted by molar-refractivity contribution is 7.16. The van der Waals surface area contributed by atoms with Gasteiger partial charge in [-0.2, -0.15) is 0 Å². The molecule has 0 saturated heterocycles. The summed E-state index contributed by atoms with van der Waals surface area (Å²) < 4.78 is 2.37. The lowest BCUT2D eigenvalue weighted by molar-refractivity contribution is -0.123. The van der Waals surface area contributed by atoms with Gasteiger partial charge in [0.2, 0.25) is 5.91 Å². The molecule has 2 aromatic heterocycles. The number of aromatic nitrogens is 1. The van der Waals surface area contributed by atoms with E-state index < -0.39 is 0 Å². The highest BCUT2D eigenvalue weighted by Gasteiger charge is 2.31. The number of hydrogen-bond acceptors (Lipinski definition) is 6. The molecule has 6 rings (SSSR count). The minimum absolute atomic E-state index is 0.247. The number of thiazole rings is 1.